The number of ether oxygens (including phenoxy) is 2. The second-order valence-corrected chi connectivity index (χ2v) is 6.01. The van der Waals surface area contributed by atoms with Gasteiger partial charge in [0.2, 0.25) is 5.82 Å². The Morgan fingerprint density at radius 2 is 1.80 bits per heavy atom. The Hall–Kier alpha value is -2.63. The molecule has 1 saturated carbocycles. The van der Waals surface area contributed by atoms with Crippen molar-refractivity contribution in [1.29, 1.82) is 0 Å². The highest BCUT2D eigenvalue weighted by Crippen LogP contribution is 2.33. The molecule has 2 aromatic rings. The highest BCUT2D eigenvalue weighted by Gasteiger charge is 2.21. The molecule has 132 valence electrons. The molecule has 1 aliphatic carbocycles. The van der Waals surface area contributed by atoms with Gasteiger partial charge in [-0.15, -0.1) is 0 Å². The fourth-order valence-corrected chi connectivity index (χ4v) is 3.04. The summed E-state index contributed by atoms with van der Waals surface area (Å²) >= 11 is 0. The van der Waals surface area contributed by atoms with Crippen LogP contribution in [0.3, 0.4) is 0 Å². The van der Waals surface area contributed by atoms with E-state index in [1.165, 1.54) is 19.2 Å². The maximum Gasteiger partial charge on any atom is 0.339 e. The molecule has 0 aliphatic heterocycles. The predicted molar refractivity (Wildman–Crippen MR) is 88.2 cm³/mol. The maximum absolute atomic E-state index is 13.7. The second kappa shape index (κ2) is 7.09. The van der Waals surface area contributed by atoms with E-state index >= 15 is 0 Å². The molecule has 0 bridgehead atoms. The van der Waals surface area contributed by atoms with Gasteiger partial charge in [0.15, 0.2) is 11.6 Å². The van der Waals surface area contributed by atoms with Crippen LogP contribution in [0.4, 0.5) is 8.78 Å². The lowest BCUT2D eigenvalue weighted by Gasteiger charge is -2.16. The van der Waals surface area contributed by atoms with Crippen LogP contribution >= 0.6 is 0 Å². The quantitative estimate of drug-likeness (QED) is 0.854. The first-order valence-electron chi connectivity index (χ1n) is 8.07. The van der Waals surface area contributed by atoms with Crippen molar-refractivity contribution in [3.63, 3.8) is 0 Å². The summed E-state index contributed by atoms with van der Waals surface area (Å²) in [6, 6.07) is 6.93. The van der Waals surface area contributed by atoms with E-state index < -0.39 is 17.6 Å². The van der Waals surface area contributed by atoms with Gasteiger partial charge in [0, 0.05) is 0 Å². The third-order valence-corrected chi connectivity index (χ3v) is 4.35. The van der Waals surface area contributed by atoms with Crippen molar-refractivity contribution >= 4 is 5.97 Å². The first-order chi connectivity index (χ1) is 12.0. The molecular weight excluding hydrogens is 330 g/mol. The fourth-order valence-electron chi connectivity index (χ4n) is 3.04. The first kappa shape index (κ1) is 17.2. The number of hydrogen-bond donors (Lipinski definition) is 1. The number of carboxylic acids is 1. The van der Waals surface area contributed by atoms with Crippen LogP contribution < -0.4 is 9.47 Å². The molecule has 1 N–H and O–H groups in total. The Morgan fingerprint density at radius 1 is 1.08 bits per heavy atom. The van der Waals surface area contributed by atoms with E-state index in [9.17, 15) is 18.7 Å². The zero-order valence-corrected chi connectivity index (χ0v) is 13.7. The zero-order valence-electron chi connectivity index (χ0n) is 13.7. The lowest BCUT2D eigenvalue weighted by Crippen LogP contribution is -2.13. The predicted octanol–water partition coefficient (Wildman–Crippen LogP) is 4.66. The van der Waals surface area contributed by atoms with Gasteiger partial charge < -0.3 is 14.6 Å². The Labute approximate surface area is 144 Å². The van der Waals surface area contributed by atoms with Gasteiger partial charge in [0.1, 0.15) is 11.3 Å². The molecule has 4 nitrogen and oxygen atoms in total. The van der Waals surface area contributed by atoms with Gasteiger partial charge in [-0.25, -0.2) is 9.18 Å². The van der Waals surface area contributed by atoms with E-state index in [0.717, 1.165) is 31.7 Å². The third kappa shape index (κ3) is 3.57. The molecule has 25 heavy (non-hydrogen) atoms. The van der Waals surface area contributed by atoms with Crippen LogP contribution in [0.25, 0.3) is 11.1 Å². The van der Waals surface area contributed by atoms with E-state index in [1.54, 1.807) is 12.1 Å². The maximum atomic E-state index is 13.7. The summed E-state index contributed by atoms with van der Waals surface area (Å²) in [7, 11) is 1.24. The number of rotatable bonds is 5. The molecule has 0 saturated heterocycles. The summed E-state index contributed by atoms with van der Waals surface area (Å²) in [6.45, 7) is 0. The summed E-state index contributed by atoms with van der Waals surface area (Å²) < 4.78 is 37.9. The highest BCUT2D eigenvalue weighted by molar-refractivity contribution is 5.92. The van der Waals surface area contributed by atoms with Crippen molar-refractivity contribution < 1.29 is 28.2 Å². The van der Waals surface area contributed by atoms with Crippen molar-refractivity contribution in [3.05, 3.63) is 47.5 Å². The van der Waals surface area contributed by atoms with Crippen molar-refractivity contribution in [2.24, 2.45) is 0 Å². The van der Waals surface area contributed by atoms with Crippen molar-refractivity contribution in [3.8, 4) is 22.6 Å². The average Bonchev–Trinajstić information content (AvgIpc) is 3.10. The minimum Gasteiger partial charge on any atom is -0.494 e. The standard InChI is InChI=1S/C19H18F2O4/c1-24-17-10-12(9-15(20)18(17)21)11-6-7-16(14(8-11)19(22)23)25-13-4-2-3-5-13/h6-10,13H,2-5H2,1H3,(H,22,23). The Morgan fingerprint density at radius 3 is 2.44 bits per heavy atom. The van der Waals surface area contributed by atoms with Crippen LogP contribution in [-0.4, -0.2) is 24.3 Å². The number of carbonyl (C=O) groups is 1. The summed E-state index contributed by atoms with van der Waals surface area (Å²) in [5.74, 6) is -3.22. The van der Waals surface area contributed by atoms with Crippen molar-refractivity contribution in [2.75, 3.05) is 7.11 Å². The van der Waals surface area contributed by atoms with E-state index in [0.29, 0.717) is 11.1 Å². The molecule has 2 aromatic carbocycles. The summed E-state index contributed by atoms with van der Waals surface area (Å²) in [5.41, 5.74) is 0.757. The molecule has 0 spiro atoms. The molecule has 0 amide bonds. The minimum absolute atomic E-state index is 0.00639. The Bertz CT molecular complexity index is 798. The summed E-state index contributed by atoms with van der Waals surface area (Å²) in [4.78, 5) is 11.6. The molecule has 3 rings (SSSR count). The van der Waals surface area contributed by atoms with Crippen LogP contribution in [-0.2, 0) is 0 Å². The van der Waals surface area contributed by atoms with Gasteiger partial charge in [-0.3, -0.25) is 0 Å². The zero-order chi connectivity index (χ0) is 18.0. The summed E-state index contributed by atoms with van der Waals surface area (Å²) in [5, 5.41) is 9.47. The second-order valence-electron chi connectivity index (χ2n) is 6.01. The largest absolute Gasteiger partial charge is 0.494 e. The SMILES string of the molecule is COc1cc(-c2ccc(OC3CCCC3)c(C(=O)O)c2)cc(F)c1F. The Balaban J connectivity index is 1.99. The lowest BCUT2D eigenvalue weighted by atomic mass is 10.0. The van der Waals surface area contributed by atoms with Gasteiger partial charge in [0.25, 0.3) is 0 Å². The molecule has 0 heterocycles. The molecule has 1 aliphatic rings. The molecule has 0 aromatic heterocycles. The van der Waals surface area contributed by atoms with Gasteiger partial charge >= 0.3 is 5.97 Å². The topological polar surface area (TPSA) is 55.8 Å². The number of hydrogen-bond acceptors (Lipinski definition) is 3. The van der Waals surface area contributed by atoms with Gasteiger partial charge in [0.05, 0.1) is 13.2 Å². The number of methoxy groups -OCH3 is 1. The normalized spacial score (nSPS) is 14.5. The van der Waals surface area contributed by atoms with E-state index in [4.69, 9.17) is 9.47 Å². The number of halogens is 2. The smallest absolute Gasteiger partial charge is 0.339 e. The lowest BCUT2D eigenvalue weighted by molar-refractivity contribution is 0.0689. The van der Waals surface area contributed by atoms with Gasteiger partial charge in [-0.1, -0.05) is 6.07 Å². The fraction of sp³-hybridized carbons (Fsp3) is 0.316. The van der Waals surface area contributed by atoms with Crippen LogP contribution in [0.1, 0.15) is 36.0 Å². The number of aromatic carboxylic acids is 1. The average molecular weight is 348 g/mol. The van der Waals surface area contributed by atoms with Crippen molar-refractivity contribution in [2.45, 2.75) is 31.8 Å². The number of carboxylic acid groups (broad SMARTS) is 1. The van der Waals surface area contributed by atoms with Crippen LogP contribution in [0, 0.1) is 11.6 Å². The van der Waals surface area contributed by atoms with Crippen LogP contribution in [0.15, 0.2) is 30.3 Å². The van der Waals surface area contributed by atoms with E-state index in [2.05, 4.69) is 0 Å². The monoisotopic (exact) mass is 348 g/mol. The molecule has 0 unspecified atom stereocenters. The molecule has 0 atom stereocenters. The molecular formula is C19H18F2O4. The van der Waals surface area contributed by atoms with Gasteiger partial charge in [-0.2, -0.15) is 4.39 Å². The van der Waals surface area contributed by atoms with Crippen LogP contribution in [0.5, 0.6) is 11.5 Å². The van der Waals surface area contributed by atoms with Crippen LogP contribution in [0.2, 0.25) is 0 Å². The molecule has 0 radical (unpaired) electrons. The Kier molecular flexibility index (Phi) is 4.88. The number of benzene rings is 2. The van der Waals surface area contributed by atoms with Crippen molar-refractivity contribution in [1.82, 2.24) is 0 Å². The highest BCUT2D eigenvalue weighted by atomic mass is 19.2. The van der Waals surface area contributed by atoms with E-state index in [1.807, 2.05) is 0 Å². The van der Waals surface area contributed by atoms with E-state index in [-0.39, 0.29) is 23.2 Å². The minimum atomic E-state index is -1.13. The molecule has 6 heteroatoms. The van der Waals surface area contributed by atoms with Gasteiger partial charge in [-0.05, 0) is 61.1 Å². The summed E-state index contributed by atoms with van der Waals surface area (Å²) in [6.07, 6.45) is 3.97. The third-order valence-electron chi connectivity index (χ3n) is 4.35. The first-order valence-corrected chi connectivity index (χ1v) is 8.07. The molecule has 1 fully saturated rings.